The minimum Gasteiger partial charge on any atom is -0.490 e. The fourth-order valence-electron chi connectivity index (χ4n) is 3.35. The Bertz CT molecular complexity index is 1110. The molecule has 0 bridgehead atoms. The maximum atomic E-state index is 13.3. The average molecular weight is 531 g/mol. The maximum absolute atomic E-state index is 13.3. The fourth-order valence-corrected chi connectivity index (χ4v) is 4.19. The van der Waals surface area contributed by atoms with E-state index in [0.29, 0.717) is 39.7 Å². The number of nitrogens with zero attached hydrogens (tertiary/aromatic N) is 1. The quantitative estimate of drug-likeness (QED) is 0.287. The van der Waals surface area contributed by atoms with Crippen molar-refractivity contribution in [3.05, 3.63) is 57.6 Å². The van der Waals surface area contributed by atoms with Crippen LogP contribution in [-0.4, -0.2) is 29.6 Å². The third-order valence-corrected chi connectivity index (χ3v) is 5.79. The molecular weight excluding hydrogens is 504 g/mol. The SMILES string of the molecule is CCOc1cc(/C=C2\C(=O)NC(=S)N(c3ccc(C(C)C)cc3)C2=O)cc(Br)c1OC(C)C. The number of anilines is 1. The molecule has 1 saturated heterocycles. The molecule has 0 unspecified atom stereocenters. The summed E-state index contributed by atoms with van der Waals surface area (Å²) in [6, 6.07) is 11.1. The lowest BCUT2D eigenvalue weighted by Gasteiger charge is -2.29. The topological polar surface area (TPSA) is 67.9 Å². The normalized spacial score (nSPS) is 15.5. The fraction of sp³-hybridized carbons (Fsp3) is 0.320. The van der Waals surface area contributed by atoms with Crippen LogP contribution in [0.3, 0.4) is 0 Å². The number of rotatable bonds is 7. The van der Waals surface area contributed by atoms with Gasteiger partial charge in [0, 0.05) is 0 Å². The van der Waals surface area contributed by atoms with E-state index in [-0.39, 0.29) is 16.8 Å². The molecule has 3 rings (SSSR count). The molecular formula is C25H27BrN2O4S. The average Bonchev–Trinajstić information content (AvgIpc) is 2.74. The monoisotopic (exact) mass is 530 g/mol. The number of ether oxygens (including phenoxy) is 2. The Hall–Kier alpha value is -2.71. The number of nitrogens with one attached hydrogen (secondary N) is 1. The second-order valence-corrected chi connectivity index (χ2v) is 9.37. The van der Waals surface area contributed by atoms with E-state index in [9.17, 15) is 9.59 Å². The predicted molar refractivity (Wildman–Crippen MR) is 138 cm³/mol. The van der Waals surface area contributed by atoms with Crippen molar-refractivity contribution in [2.75, 3.05) is 11.5 Å². The van der Waals surface area contributed by atoms with Crippen LogP contribution in [0.4, 0.5) is 5.69 Å². The van der Waals surface area contributed by atoms with Crippen LogP contribution in [0.15, 0.2) is 46.4 Å². The Balaban J connectivity index is 2.00. The van der Waals surface area contributed by atoms with Crippen LogP contribution in [0.25, 0.3) is 6.08 Å². The van der Waals surface area contributed by atoms with Crippen molar-refractivity contribution in [1.82, 2.24) is 5.32 Å². The molecule has 1 N–H and O–H groups in total. The molecule has 2 amide bonds. The van der Waals surface area contributed by atoms with E-state index in [0.717, 1.165) is 5.56 Å². The highest BCUT2D eigenvalue weighted by Gasteiger charge is 2.34. The van der Waals surface area contributed by atoms with Gasteiger partial charge in [-0.15, -0.1) is 0 Å². The van der Waals surface area contributed by atoms with E-state index in [2.05, 4.69) is 35.1 Å². The number of hydrogen-bond acceptors (Lipinski definition) is 5. The van der Waals surface area contributed by atoms with E-state index >= 15 is 0 Å². The Morgan fingerprint density at radius 3 is 2.36 bits per heavy atom. The van der Waals surface area contributed by atoms with Crippen molar-refractivity contribution >= 4 is 56.8 Å². The summed E-state index contributed by atoms with van der Waals surface area (Å²) in [5.74, 6) is 0.419. The van der Waals surface area contributed by atoms with Crippen LogP contribution < -0.4 is 19.7 Å². The summed E-state index contributed by atoms with van der Waals surface area (Å²) >= 11 is 8.82. The highest BCUT2D eigenvalue weighted by Crippen LogP contribution is 2.38. The molecule has 33 heavy (non-hydrogen) atoms. The zero-order valence-corrected chi connectivity index (χ0v) is 21.7. The molecule has 8 heteroatoms. The van der Waals surface area contributed by atoms with Crippen LogP contribution in [0.2, 0.25) is 0 Å². The standard InChI is InChI=1S/C25H27BrN2O4S/c1-6-31-21-13-16(12-20(26)22(21)32-15(4)5)11-19-23(29)27-25(33)28(24(19)30)18-9-7-17(8-10-18)14(2)3/h7-15H,6H2,1-5H3,(H,27,29,33)/b19-11+. The molecule has 0 saturated carbocycles. The van der Waals surface area contributed by atoms with E-state index < -0.39 is 11.8 Å². The smallest absolute Gasteiger partial charge is 0.270 e. The summed E-state index contributed by atoms with van der Waals surface area (Å²) in [7, 11) is 0. The minimum atomic E-state index is -0.545. The molecule has 1 heterocycles. The van der Waals surface area contributed by atoms with Crippen LogP contribution in [0.1, 0.15) is 51.7 Å². The highest BCUT2D eigenvalue weighted by molar-refractivity contribution is 9.10. The molecule has 0 radical (unpaired) electrons. The number of carbonyl (C=O) groups excluding carboxylic acids is 2. The summed E-state index contributed by atoms with van der Waals surface area (Å²) in [5.41, 5.74) is 2.33. The van der Waals surface area contributed by atoms with Crippen molar-refractivity contribution in [3.8, 4) is 11.5 Å². The molecule has 0 atom stereocenters. The molecule has 1 fully saturated rings. The molecule has 0 aliphatic carbocycles. The summed E-state index contributed by atoms with van der Waals surface area (Å²) in [6.07, 6.45) is 1.48. The first-order valence-electron chi connectivity index (χ1n) is 10.8. The van der Waals surface area contributed by atoms with Crippen molar-refractivity contribution in [2.45, 2.75) is 46.6 Å². The van der Waals surface area contributed by atoms with Crippen molar-refractivity contribution in [2.24, 2.45) is 0 Å². The predicted octanol–water partition coefficient (Wildman–Crippen LogP) is 5.59. The van der Waals surface area contributed by atoms with E-state index in [1.54, 1.807) is 12.1 Å². The summed E-state index contributed by atoms with van der Waals surface area (Å²) in [4.78, 5) is 27.3. The number of amides is 2. The zero-order valence-electron chi connectivity index (χ0n) is 19.3. The van der Waals surface area contributed by atoms with Gasteiger partial charge in [0.05, 0.1) is 22.9 Å². The lowest BCUT2D eigenvalue weighted by molar-refractivity contribution is -0.122. The Kier molecular flexibility index (Phi) is 7.92. The second-order valence-electron chi connectivity index (χ2n) is 8.13. The van der Waals surface area contributed by atoms with Gasteiger partial charge in [-0.1, -0.05) is 26.0 Å². The first-order valence-corrected chi connectivity index (χ1v) is 12.0. The van der Waals surface area contributed by atoms with E-state index in [4.69, 9.17) is 21.7 Å². The first-order chi connectivity index (χ1) is 15.6. The largest absolute Gasteiger partial charge is 0.490 e. The van der Waals surface area contributed by atoms with Crippen LogP contribution in [-0.2, 0) is 9.59 Å². The van der Waals surface area contributed by atoms with Crippen LogP contribution >= 0.6 is 28.1 Å². The Labute approximate surface area is 208 Å². The number of hydrogen-bond donors (Lipinski definition) is 1. The molecule has 174 valence electrons. The Morgan fingerprint density at radius 1 is 1.12 bits per heavy atom. The third-order valence-electron chi connectivity index (χ3n) is 4.92. The van der Waals surface area contributed by atoms with Gasteiger partial charge in [-0.25, -0.2) is 0 Å². The van der Waals surface area contributed by atoms with E-state index in [1.807, 2.05) is 45.0 Å². The number of thiocarbonyl (C=S) groups is 1. The Morgan fingerprint density at radius 2 is 1.79 bits per heavy atom. The molecule has 0 spiro atoms. The number of carbonyl (C=O) groups is 2. The maximum Gasteiger partial charge on any atom is 0.270 e. The van der Waals surface area contributed by atoms with Gasteiger partial charge >= 0.3 is 0 Å². The highest BCUT2D eigenvalue weighted by atomic mass is 79.9. The van der Waals surface area contributed by atoms with Gasteiger partial charge in [0.1, 0.15) is 5.57 Å². The van der Waals surface area contributed by atoms with Gasteiger partial charge in [0.15, 0.2) is 16.6 Å². The summed E-state index contributed by atoms with van der Waals surface area (Å²) in [6.45, 7) is 10.4. The van der Waals surface area contributed by atoms with Crippen molar-refractivity contribution in [3.63, 3.8) is 0 Å². The molecule has 6 nitrogen and oxygen atoms in total. The molecule has 2 aromatic carbocycles. The van der Waals surface area contributed by atoms with Crippen LogP contribution in [0, 0.1) is 0 Å². The van der Waals surface area contributed by atoms with Gasteiger partial charge in [0.25, 0.3) is 11.8 Å². The summed E-state index contributed by atoms with van der Waals surface area (Å²) < 4.78 is 12.3. The lowest BCUT2D eigenvalue weighted by atomic mass is 10.0. The van der Waals surface area contributed by atoms with Crippen molar-refractivity contribution in [1.29, 1.82) is 0 Å². The molecule has 1 aliphatic rings. The lowest BCUT2D eigenvalue weighted by Crippen LogP contribution is -2.54. The number of benzene rings is 2. The third kappa shape index (κ3) is 5.62. The summed E-state index contributed by atoms with van der Waals surface area (Å²) in [5, 5.41) is 2.67. The first kappa shape index (κ1) is 24.9. The zero-order chi connectivity index (χ0) is 24.3. The van der Waals surface area contributed by atoms with Gasteiger partial charge in [0.2, 0.25) is 0 Å². The van der Waals surface area contributed by atoms with E-state index in [1.165, 1.54) is 11.0 Å². The van der Waals surface area contributed by atoms with Gasteiger partial charge < -0.3 is 9.47 Å². The van der Waals surface area contributed by atoms with Gasteiger partial charge in [-0.05, 0) is 96.3 Å². The molecule has 1 aliphatic heterocycles. The molecule has 0 aromatic heterocycles. The van der Waals surface area contributed by atoms with Crippen molar-refractivity contribution < 1.29 is 19.1 Å². The van der Waals surface area contributed by atoms with Crippen LogP contribution in [0.5, 0.6) is 11.5 Å². The van der Waals surface area contributed by atoms with Gasteiger partial charge in [-0.3, -0.25) is 19.8 Å². The molecule has 2 aromatic rings. The second kappa shape index (κ2) is 10.5. The minimum absolute atomic E-state index is 0.0246. The van der Waals surface area contributed by atoms with Gasteiger partial charge in [-0.2, -0.15) is 0 Å². The number of halogens is 1.